The second-order valence-corrected chi connectivity index (χ2v) is 7.15. The number of carbonyl (C=O) groups is 1. The molecule has 2 aromatic rings. The number of aryl methyl sites for hydroxylation is 1. The first-order valence-corrected chi connectivity index (χ1v) is 8.35. The maximum atomic E-state index is 13.0. The molecule has 4 aliphatic heterocycles. The number of fused-ring (bicyclic) bond motifs is 6. The van der Waals surface area contributed by atoms with Gasteiger partial charge in [-0.3, -0.25) is 4.57 Å². The molecule has 114 valence electrons. The van der Waals surface area contributed by atoms with Crippen molar-refractivity contribution in [3.63, 3.8) is 0 Å². The van der Waals surface area contributed by atoms with E-state index in [0.29, 0.717) is 12.0 Å². The van der Waals surface area contributed by atoms with Gasteiger partial charge in [-0.25, -0.2) is 4.79 Å². The maximum absolute atomic E-state index is 13.0. The van der Waals surface area contributed by atoms with Crippen molar-refractivity contribution in [1.29, 1.82) is 0 Å². The zero-order chi connectivity index (χ0) is 14.8. The van der Waals surface area contributed by atoms with E-state index in [9.17, 15) is 4.79 Å². The fraction of sp³-hybridized carbons (Fsp3) is 0.500. The summed E-state index contributed by atoms with van der Waals surface area (Å²) in [4.78, 5) is 17.7. The molecule has 1 aromatic carbocycles. The Morgan fingerprint density at radius 2 is 1.95 bits per heavy atom. The van der Waals surface area contributed by atoms with Crippen LogP contribution in [0, 0.1) is 12.8 Å². The highest BCUT2D eigenvalue weighted by Crippen LogP contribution is 2.36. The summed E-state index contributed by atoms with van der Waals surface area (Å²) in [7, 11) is 0. The second-order valence-electron chi connectivity index (χ2n) is 7.15. The average Bonchev–Trinajstić information content (AvgIpc) is 3.05. The number of nitrogens with zero attached hydrogens (tertiary/aromatic N) is 3. The number of hydrogen-bond donors (Lipinski definition) is 0. The van der Waals surface area contributed by atoms with Crippen LogP contribution < -0.4 is 0 Å². The lowest BCUT2D eigenvalue weighted by molar-refractivity contribution is 0.0241. The molecule has 0 radical (unpaired) electrons. The lowest BCUT2D eigenvalue weighted by Crippen LogP contribution is -2.57. The molecule has 0 aliphatic carbocycles. The van der Waals surface area contributed by atoms with Crippen molar-refractivity contribution in [2.75, 3.05) is 19.6 Å². The van der Waals surface area contributed by atoms with Gasteiger partial charge in [-0.05, 0) is 56.5 Å². The van der Waals surface area contributed by atoms with Gasteiger partial charge in [-0.15, -0.1) is 0 Å². The first-order valence-electron chi connectivity index (χ1n) is 8.35. The maximum Gasteiger partial charge on any atom is 0.329 e. The second kappa shape index (κ2) is 4.35. The zero-order valence-electron chi connectivity index (χ0n) is 13.0. The summed E-state index contributed by atoms with van der Waals surface area (Å²) in [5.41, 5.74) is 3.44. The van der Waals surface area contributed by atoms with Crippen molar-refractivity contribution in [2.24, 2.45) is 5.92 Å². The smallest absolute Gasteiger partial charge is 0.314 e. The van der Waals surface area contributed by atoms with E-state index < -0.39 is 0 Å². The van der Waals surface area contributed by atoms with E-state index in [-0.39, 0.29) is 6.03 Å². The summed E-state index contributed by atoms with van der Waals surface area (Å²) in [6.45, 7) is 6.37. The molecule has 4 nitrogen and oxygen atoms in total. The van der Waals surface area contributed by atoms with Crippen molar-refractivity contribution in [1.82, 2.24) is 14.4 Å². The molecule has 4 aliphatic rings. The third-order valence-electron chi connectivity index (χ3n) is 5.83. The van der Waals surface area contributed by atoms with Crippen LogP contribution in [-0.2, 0) is 6.54 Å². The molecule has 2 bridgehead atoms. The molecule has 5 heterocycles. The van der Waals surface area contributed by atoms with E-state index in [1.807, 2.05) is 4.57 Å². The first-order chi connectivity index (χ1) is 10.7. The number of hydrogen-bond acceptors (Lipinski definition) is 2. The monoisotopic (exact) mass is 295 g/mol. The molecule has 1 unspecified atom stereocenters. The van der Waals surface area contributed by atoms with Gasteiger partial charge in [0.25, 0.3) is 0 Å². The molecule has 3 fully saturated rings. The van der Waals surface area contributed by atoms with Gasteiger partial charge in [-0.2, -0.15) is 0 Å². The van der Waals surface area contributed by atoms with E-state index in [1.165, 1.54) is 36.9 Å². The van der Waals surface area contributed by atoms with Crippen LogP contribution in [0.25, 0.3) is 10.9 Å². The van der Waals surface area contributed by atoms with Crippen LogP contribution in [0.15, 0.2) is 24.3 Å². The van der Waals surface area contributed by atoms with E-state index in [4.69, 9.17) is 0 Å². The standard InChI is InChI=1S/C18H21N3O/c1-12-2-3-14-9-15-10-20(18(22)21(15)16(14)8-12)17-11-19-6-4-13(17)5-7-19/h2-3,8-9,13,17H,4-7,10-11H2,1H3. The summed E-state index contributed by atoms with van der Waals surface area (Å²) < 4.78 is 1.94. The topological polar surface area (TPSA) is 28.5 Å². The summed E-state index contributed by atoms with van der Waals surface area (Å²) in [6, 6.07) is 9.17. The molecule has 6 rings (SSSR count). The summed E-state index contributed by atoms with van der Waals surface area (Å²) in [5, 5.41) is 1.18. The Bertz CT molecular complexity index is 770. The van der Waals surface area contributed by atoms with E-state index in [1.54, 1.807) is 0 Å². The molecular weight excluding hydrogens is 274 g/mol. The Labute approximate surface area is 130 Å². The highest BCUT2D eigenvalue weighted by Gasteiger charge is 2.42. The minimum Gasteiger partial charge on any atom is -0.314 e. The van der Waals surface area contributed by atoms with Gasteiger partial charge in [0.15, 0.2) is 0 Å². The van der Waals surface area contributed by atoms with E-state index in [0.717, 1.165) is 24.3 Å². The quantitative estimate of drug-likeness (QED) is 0.809. The van der Waals surface area contributed by atoms with Crippen molar-refractivity contribution in [3.05, 3.63) is 35.5 Å². The third kappa shape index (κ3) is 1.64. The Hall–Kier alpha value is -1.81. The number of amides is 1. The predicted octanol–water partition coefficient (Wildman–Crippen LogP) is 2.83. The van der Waals surface area contributed by atoms with E-state index >= 15 is 0 Å². The Morgan fingerprint density at radius 3 is 2.68 bits per heavy atom. The minimum atomic E-state index is 0.189. The normalized spacial score (nSPS) is 30.3. The summed E-state index contributed by atoms with van der Waals surface area (Å²) >= 11 is 0. The number of piperidine rings is 3. The van der Waals surface area contributed by atoms with Gasteiger partial charge in [0.1, 0.15) is 0 Å². The number of aromatic nitrogens is 1. The van der Waals surface area contributed by atoms with Crippen LogP contribution in [0.5, 0.6) is 0 Å². The third-order valence-corrected chi connectivity index (χ3v) is 5.83. The lowest BCUT2D eigenvalue weighted by atomic mass is 9.83. The SMILES string of the molecule is Cc1ccc2cc3n(c2c1)C(=O)N(C1CN2CCC1CC2)C3. The number of benzene rings is 1. The molecule has 3 saturated heterocycles. The van der Waals surface area contributed by atoms with Crippen LogP contribution >= 0.6 is 0 Å². The van der Waals surface area contributed by atoms with Gasteiger partial charge >= 0.3 is 6.03 Å². The Kier molecular flexibility index (Phi) is 2.51. The van der Waals surface area contributed by atoms with E-state index in [2.05, 4.69) is 41.0 Å². The first kappa shape index (κ1) is 12.7. The van der Waals surface area contributed by atoms with Crippen molar-refractivity contribution in [2.45, 2.75) is 32.4 Å². The Balaban J connectivity index is 1.53. The lowest BCUT2D eigenvalue weighted by Gasteiger charge is -2.47. The van der Waals surface area contributed by atoms with Crippen molar-refractivity contribution in [3.8, 4) is 0 Å². The van der Waals surface area contributed by atoms with Crippen LogP contribution in [0.4, 0.5) is 4.79 Å². The number of rotatable bonds is 1. The molecule has 1 amide bonds. The molecule has 22 heavy (non-hydrogen) atoms. The molecule has 0 spiro atoms. The highest BCUT2D eigenvalue weighted by molar-refractivity contribution is 5.95. The number of carbonyl (C=O) groups excluding carboxylic acids is 1. The van der Waals surface area contributed by atoms with Crippen molar-refractivity contribution < 1.29 is 4.79 Å². The molecule has 0 saturated carbocycles. The van der Waals surface area contributed by atoms with Crippen LogP contribution in [0.2, 0.25) is 0 Å². The van der Waals surface area contributed by atoms with Gasteiger partial charge in [0.05, 0.1) is 12.1 Å². The molecule has 1 aromatic heterocycles. The van der Waals surface area contributed by atoms with Gasteiger partial charge in [-0.1, -0.05) is 12.1 Å². The van der Waals surface area contributed by atoms with Crippen LogP contribution in [0.1, 0.15) is 24.1 Å². The average molecular weight is 295 g/mol. The molecular formula is C18H21N3O. The Morgan fingerprint density at radius 1 is 1.14 bits per heavy atom. The highest BCUT2D eigenvalue weighted by atomic mass is 16.2. The van der Waals surface area contributed by atoms with Crippen LogP contribution in [0.3, 0.4) is 0 Å². The van der Waals surface area contributed by atoms with Crippen molar-refractivity contribution >= 4 is 16.9 Å². The fourth-order valence-electron chi connectivity index (χ4n) is 4.63. The largest absolute Gasteiger partial charge is 0.329 e. The summed E-state index contributed by atoms with van der Waals surface area (Å²) in [5.74, 6) is 0.701. The fourth-order valence-corrected chi connectivity index (χ4v) is 4.63. The minimum absolute atomic E-state index is 0.189. The molecule has 0 N–H and O–H groups in total. The predicted molar refractivity (Wildman–Crippen MR) is 86.0 cm³/mol. The van der Waals surface area contributed by atoms with Gasteiger partial charge in [0.2, 0.25) is 0 Å². The molecule has 1 atom stereocenters. The summed E-state index contributed by atoms with van der Waals surface area (Å²) in [6.07, 6.45) is 2.51. The van der Waals surface area contributed by atoms with Gasteiger partial charge in [0, 0.05) is 23.7 Å². The molecule has 4 heteroatoms. The zero-order valence-corrected chi connectivity index (χ0v) is 13.0. The van der Waals surface area contributed by atoms with Gasteiger partial charge < -0.3 is 9.80 Å². The van der Waals surface area contributed by atoms with Crippen LogP contribution in [-0.4, -0.2) is 46.1 Å².